The van der Waals surface area contributed by atoms with Gasteiger partial charge in [0.15, 0.2) is 5.96 Å². The first-order valence-electron chi connectivity index (χ1n) is 10.5. The Balaban J connectivity index is 0.00000320. The summed E-state index contributed by atoms with van der Waals surface area (Å²) in [6.45, 7) is 4.36. The summed E-state index contributed by atoms with van der Waals surface area (Å²) in [5.41, 5.74) is 0. The maximum atomic E-state index is 9.75. The van der Waals surface area contributed by atoms with Crippen LogP contribution in [0.25, 0.3) is 0 Å². The number of aryl methyl sites for hydroxylation is 1. The van der Waals surface area contributed by atoms with Gasteiger partial charge in [-0.15, -0.1) is 45.9 Å². The molecule has 30 heavy (non-hydrogen) atoms. The number of aliphatic hydroxyl groups is 1. The monoisotopic (exact) mass is 544 g/mol. The summed E-state index contributed by atoms with van der Waals surface area (Å²) in [5.74, 6) is 2.81. The van der Waals surface area contributed by atoms with Crippen molar-refractivity contribution in [1.29, 1.82) is 0 Å². The zero-order valence-electron chi connectivity index (χ0n) is 17.5. The van der Waals surface area contributed by atoms with E-state index >= 15 is 0 Å². The van der Waals surface area contributed by atoms with Crippen LogP contribution < -0.4 is 10.6 Å². The largest absolute Gasteiger partial charge is 0.393 e. The second kappa shape index (κ2) is 13.9. The van der Waals surface area contributed by atoms with Crippen molar-refractivity contribution in [3.63, 3.8) is 0 Å². The summed E-state index contributed by atoms with van der Waals surface area (Å²) in [4.78, 5) is 6.06. The molecule has 0 unspecified atom stereocenters. The Morgan fingerprint density at radius 1 is 1.23 bits per heavy atom. The molecule has 1 aromatic heterocycles. The molecule has 0 radical (unpaired) electrons. The molecule has 3 N–H and O–H groups in total. The highest BCUT2D eigenvalue weighted by atomic mass is 127. The third-order valence-corrected chi connectivity index (χ3v) is 6.08. The average Bonchev–Trinajstić information content (AvgIpc) is 3.21. The number of benzene rings is 1. The van der Waals surface area contributed by atoms with Crippen LogP contribution in [0.5, 0.6) is 0 Å². The van der Waals surface area contributed by atoms with Crippen molar-refractivity contribution in [3.05, 3.63) is 42.5 Å². The van der Waals surface area contributed by atoms with E-state index in [1.807, 2.05) is 17.8 Å². The fourth-order valence-electron chi connectivity index (χ4n) is 3.43. The van der Waals surface area contributed by atoms with Crippen LogP contribution in [0.2, 0.25) is 0 Å². The van der Waals surface area contributed by atoms with Gasteiger partial charge in [0.1, 0.15) is 12.2 Å². The van der Waals surface area contributed by atoms with Gasteiger partial charge in [-0.3, -0.25) is 4.99 Å². The molecule has 166 valence electrons. The molecule has 7 nitrogen and oxygen atoms in total. The van der Waals surface area contributed by atoms with Crippen LogP contribution in [0.3, 0.4) is 0 Å². The lowest BCUT2D eigenvalue weighted by Gasteiger charge is -2.27. The molecule has 1 aromatic carbocycles. The number of nitrogens with one attached hydrogen (secondary N) is 2. The molecule has 3 rings (SSSR count). The Morgan fingerprint density at radius 2 is 2.00 bits per heavy atom. The molecule has 1 heterocycles. The van der Waals surface area contributed by atoms with E-state index in [4.69, 9.17) is 4.99 Å². The quantitative estimate of drug-likeness (QED) is 0.148. The average molecular weight is 545 g/mol. The minimum atomic E-state index is -0.148. The summed E-state index contributed by atoms with van der Waals surface area (Å²) >= 11 is 1.84. The van der Waals surface area contributed by atoms with Crippen LogP contribution in [0.15, 0.2) is 46.5 Å². The molecule has 1 aliphatic rings. The number of aliphatic hydroxyl groups excluding tert-OH is 1. The number of rotatable bonds is 9. The van der Waals surface area contributed by atoms with Gasteiger partial charge in [-0.2, -0.15) is 0 Å². The predicted octanol–water partition coefficient (Wildman–Crippen LogP) is 3.09. The Morgan fingerprint density at radius 3 is 2.73 bits per heavy atom. The van der Waals surface area contributed by atoms with E-state index in [0.717, 1.165) is 62.7 Å². The van der Waals surface area contributed by atoms with Crippen molar-refractivity contribution in [2.45, 2.75) is 62.6 Å². The van der Waals surface area contributed by atoms with Crippen molar-refractivity contribution in [2.75, 3.05) is 18.8 Å². The third-order valence-electron chi connectivity index (χ3n) is 5.07. The van der Waals surface area contributed by atoms with Crippen LogP contribution in [0.4, 0.5) is 0 Å². The van der Waals surface area contributed by atoms with Gasteiger partial charge in [0.2, 0.25) is 0 Å². The van der Waals surface area contributed by atoms with E-state index in [-0.39, 0.29) is 30.1 Å². The van der Waals surface area contributed by atoms with Gasteiger partial charge in [0.05, 0.1) is 12.6 Å². The highest BCUT2D eigenvalue weighted by Crippen LogP contribution is 2.18. The second-order valence-electron chi connectivity index (χ2n) is 7.26. The molecular formula is C21H33IN6OS. The summed E-state index contributed by atoms with van der Waals surface area (Å²) < 4.78 is 2.06. The SMILES string of the molecule is CCc1nncn1CCN=C(NCCSc1ccccc1)NC1CCC(O)CC1.I. The first-order chi connectivity index (χ1) is 14.2. The van der Waals surface area contributed by atoms with Crippen LogP contribution in [0, 0.1) is 0 Å². The van der Waals surface area contributed by atoms with Crippen molar-refractivity contribution in [1.82, 2.24) is 25.4 Å². The zero-order valence-corrected chi connectivity index (χ0v) is 20.7. The van der Waals surface area contributed by atoms with Gasteiger partial charge in [-0.1, -0.05) is 25.1 Å². The summed E-state index contributed by atoms with van der Waals surface area (Å²) in [6, 6.07) is 10.8. The van der Waals surface area contributed by atoms with Gasteiger partial charge in [0.25, 0.3) is 0 Å². The molecule has 0 atom stereocenters. The number of guanidine groups is 1. The molecule has 1 fully saturated rings. The smallest absolute Gasteiger partial charge is 0.191 e. The first-order valence-corrected chi connectivity index (χ1v) is 11.5. The fraction of sp³-hybridized carbons (Fsp3) is 0.571. The maximum Gasteiger partial charge on any atom is 0.191 e. The molecule has 0 amide bonds. The highest BCUT2D eigenvalue weighted by Gasteiger charge is 2.20. The van der Waals surface area contributed by atoms with E-state index in [1.54, 1.807) is 6.33 Å². The van der Waals surface area contributed by atoms with Crippen LogP contribution in [-0.4, -0.2) is 56.8 Å². The summed E-state index contributed by atoms with van der Waals surface area (Å²) in [5, 5.41) is 24.9. The normalized spacial score (nSPS) is 19.2. The van der Waals surface area contributed by atoms with Gasteiger partial charge < -0.3 is 20.3 Å². The number of aromatic nitrogens is 3. The number of hydrogen-bond acceptors (Lipinski definition) is 5. The molecule has 0 spiro atoms. The standard InChI is InChI=1S/C21H32N6OS.HI/c1-2-20-26-24-16-27(20)14-12-22-21(25-17-8-10-18(28)11-9-17)23-13-15-29-19-6-4-3-5-7-19;/h3-7,16-18,28H,2,8-15H2,1H3,(H2,22,23,25);1H. The fourth-order valence-corrected chi connectivity index (χ4v) is 4.22. The summed E-state index contributed by atoms with van der Waals surface area (Å²) in [7, 11) is 0. The first kappa shape index (κ1) is 24.9. The van der Waals surface area contributed by atoms with E-state index in [1.165, 1.54) is 4.90 Å². The van der Waals surface area contributed by atoms with E-state index in [2.05, 4.69) is 56.6 Å². The Kier molecular flexibility index (Phi) is 11.5. The molecule has 0 bridgehead atoms. The molecule has 1 saturated carbocycles. The number of aliphatic imine (C=N–C) groups is 1. The number of hydrogen-bond donors (Lipinski definition) is 3. The lowest BCUT2D eigenvalue weighted by atomic mass is 9.93. The highest BCUT2D eigenvalue weighted by molar-refractivity contribution is 14.0. The zero-order chi connectivity index (χ0) is 20.3. The molecule has 9 heteroatoms. The van der Waals surface area contributed by atoms with E-state index in [0.29, 0.717) is 12.6 Å². The molecule has 1 aliphatic carbocycles. The van der Waals surface area contributed by atoms with Crippen molar-refractivity contribution < 1.29 is 5.11 Å². The van der Waals surface area contributed by atoms with Crippen LogP contribution >= 0.6 is 35.7 Å². The van der Waals surface area contributed by atoms with Crippen LogP contribution in [-0.2, 0) is 13.0 Å². The predicted molar refractivity (Wildman–Crippen MR) is 134 cm³/mol. The van der Waals surface area contributed by atoms with Crippen molar-refractivity contribution >= 4 is 41.7 Å². The lowest BCUT2D eigenvalue weighted by Crippen LogP contribution is -2.46. The molecule has 0 saturated heterocycles. The van der Waals surface area contributed by atoms with Gasteiger partial charge in [-0.25, -0.2) is 0 Å². The minimum Gasteiger partial charge on any atom is -0.393 e. The topological polar surface area (TPSA) is 87.4 Å². The van der Waals surface area contributed by atoms with Crippen molar-refractivity contribution in [2.24, 2.45) is 4.99 Å². The lowest BCUT2D eigenvalue weighted by molar-refractivity contribution is 0.120. The van der Waals surface area contributed by atoms with E-state index in [9.17, 15) is 5.11 Å². The number of nitrogens with zero attached hydrogens (tertiary/aromatic N) is 4. The van der Waals surface area contributed by atoms with Crippen LogP contribution in [0.1, 0.15) is 38.4 Å². The Labute approximate surface area is 200 Å². The summed E-state index contributed by atoms with van der Waals surface area (Å²) in [6.07, 6.45) is 6.16. The number of halogens is 1. The van der Waals surface area contributed by atoms with Crippen molar-refractivity contribution in [3.8, 4) is 0 Å². The Hall–Kier alpha value is -1.33. The van der Waals surface area contributed by atoms with Gasteiger partial charge in [-0.05, 0) is 37.8 Å². The van der Waals surface area contributed by atoms with Gasteiger partial charge in [0, 0.05) is 36.2 Å². The van der Waals surface area contributed by atoms with E-state index < -0.39 is 0 Å². The third kappa shape index (κ3) is 8.43. The maximum absolute atomic E-state index is 9.75. The molecule has 2 aromatic rings. The molecule has 0 aliphatic heterocycles. The Bertz CT molecular complexity index is 749. The second-order valence-corrected chi connectivity index (χ2v) is 8.43. The number of thioether (sulfide) groups is 1. The minimum absolute atomic E-state index is 0. The molecular weight excluding hydrogens is 511 g/mol. The van der Waals surface area contributed by atoms with Gasteiger partial charge >= 0.3 is 0 Å².